The van der Waals surface area contributed by atoms with Gasteiger partial charge < -0.3 is 17.2 Å². The lowest BCUT2D eigenvalue weighted by atomic mass is 10.1. The van der Waals surface area contributed by atoms with Crippen LogP contribution in [-0.4, -0.2) is 19.6 Å². The number of benzene rings is 2. The van der Waals surface area contributed by atoms with Crippen LogP contribution in [-0.2, 0) is 19.3 Å². The molecule has 0 spiro atoms. The molecular formula is C27H47N3. The third kappa shape index (κ3) is 16.2. The predicted octanol–water partition coefficient (Wildman–Crippen LogP) is 5.55. The van der Waals surface area contributed by atoms with Gasteiger partial charge in [-0.15, -0.1) is 0 Å². The predicted molar refractivity (Wildman–Crippen MR) is 135 cm³/mol. The average Bonchev–Trinajstić information content (AvgIpc) is 2.77. The van der Waals surface area contributed by atoms with Crippen LogP contribution in [0.4, 0.5) is 0 Å². The largest absolute Gasteiger partial charge is 0.330 e. The zero-order valence-electron chi connectivity index (χ0n) is 19.8. The van der Waals surface area contributed by atoms with E-state index in [0.717, 1.165) is 45.3 Å². The molecule has 0 amide bonds. The molecule has 0 aliphatic rings. The van der Waals surface area contributed by atoms with Gasteiger partial charge in [-0.05, 0) is 94.6 Å². The van der Waals surface area contributed by atoms with Crippen LogP contribution in [0.1, 0.15) is 74.6 Å². The molecule has 0 aliphatic heterocycles. The first-order chi connectivity index (χ1) is 14.6. The maximum atomic E-state index is 5.44. The third-order valence-corrected chi connectivity index (χ3v) is 4.95. The molecule has 0 unspecified atom stereocenters. The van der Waals surface area contributed by atoms with Crippen molar-refractivity contribution in [2.45, 2.75) is 78.6 Å². The number of nitrogens with two attached hydrogens (primary N) is 3. The molecule has 0 radical (unpaired) electrons. The number of hydrogen-bond donors (Lipinski definition) is 3. The molecule has 0 aliphatic carbocycles. The normalized spacial score (nSPS) is 9.93. The first kappa shape index (κ1) is 28.3. The molecular weight excluding hydrogens is 366 g/mol. The van der Waals surface area contributed by atoms with Crippen molar-refractivity contribution in [1.82, 2.24) is 0 Å². The van der Waals surface area contributed by atoms with E-state index in [1.165, 1.54) is 54.4 Å². The Balaban J connectivity index is 0.000000461. The highest BCUT2D eigenvalue weighted by Gasteiger charge is 1.93. The summed E-state index contributed by atoms with van der Waals surface area (Å²) in [5.41, 5.74) is 21.6. The highest BCUT2D eigenvalue weighted by Crippen LogP contribution is 2.08. The van der Waals surface area contributed by atoms with Crippen molar-refractivity contribution in [2.75, 3.05) is 19.6 Å². The fraction of sp³-hybridized carbons (Fsp3) is 0.556. The van der Waals surface area contributed by atoms with Crippen molar-refractivity contribution in [3.05, 3.63) is 70.8 Å². The van der Waals surface area contributed by atoms with Gasteiger partial charge in [0.15, 0.2) is 0 Å². The Morgan fingerprint density at radius 1 is 0.533 bits per heavy atom. The van der Waals surface area contributed by atoms with E-state index in [9.17, 15) is 0 Å². The summed E-state index contributed by atoms with van der Waals surface area (Å²) in [7, 11) is 0. The van der Waals surface area contributed by atoms with Gasteiger partial charge in [-0.25, -0.2) is 0 Å². The Kier molecular flexibility index (Phi) is 19.4. The van der Waals surface area contributed by atoms with E-state index in [1.807, 2.05) is 0 Å². The monoisotopic (exact) mass is 413 g/mol. The maximum Gasteiger partial charge on any atom is -0.00772 e. The van der Waals surface area contributed by atoms with E-state index in [-0.39, 0.29) is 0 Å². The van der Waals surface area contributed by atoms with E-state index >= 15 is 0 Å². The molecule has 2 rings (SSSR count). The van der Waals surface area contributed by atoms with Crippen LogP contribution in [0, 0.1) is 6.92 Å². The van der Waals surface area contributed by atoms with Crippen molar-refractivity contribution < 1.29 is 0 Å². The van der Waals surface area contributed by atoms with E-state index in [4.69, 9.17) is 17.2 Å². The van der Waals surface area contributed by atoms with Gasteiger partial charge in [-0.1, -0.05) is 74.4 Å². The Labute approximate surface area is 186 Å². The van der Waals surface area contributed by atoms with Crippen molar-refractivity contribution >= 4 is 0 Å². The van der Waals surface area contributed by atoms with Crippen LogP contribution in [0.3, 0.4) is 0 Å². The summed E-state index contributed by atoms with van der Waals surface area (Å²) in [5.74, 6) is 0. The van der Waals surface area contributed by atoms with Gasteiger partial charge in [-0.3, -0.25) is 0 Å². The van der Waals surface area contributed by atoms with Crippen LogP contribution in [0.5, 0.6) is 0 Å². The van der Waals surface area contributed by atoms with Crippen molar-refractivity contribution in [3.63, 3.8) is 0 Å². The van der Waals surface area contributed by atoms with Crippen LogP contribution in [0.15, 0.2) is 48.5 Å². The van der Waals surface area contributed by atoms with Gasteiger partial charge in [0.05, 0.1) is 0 Å². The molecule has 0 heterocycles. The zero-order chi connectivity index (χ0) is 22.5. The first-order valence-corrected chi connectivity index (χ1v) is 11.8. The van der Waals surface area contributed by atoms with Gasteiger partial charge >= 0.3 is 0 Å². The Bertz CT molecular complexity index is 589. The second kappa shape index (κ2) is 20.6. The molecule has 3 nitrogen and oxygen atoms in total. The summed E-state index contributed by atoms with van der Waals surface area (Å²) in [6, 6.07) is 17.6. The number of hydrogen-bond acceptors (Lipinski definition) is 3. The van der Waals surface area contributed by atoms with E-state index < -0.39 is 0 Å². The fourth-order valence-electron chi connectivity index (χ4n) is 2.85. The standard InChI is InChI=1S/C12H19N.C11H17N.C4H11N/c1-2-11-6-8-12(9-7-11)5-3-4-10-13;1-10-5-7-11(8-6-10)4-2-3-9-12;1-2-3-4-5/h6-9H,2-5,10,13H2,1H3;5-8H,2-4,9,12H2,1H3;2-5H2,1H3. The molecule has 2 aromatic carbocycles. The SMILES string of the molecule is CCCCN.CCc1ccc(CCCCN)cc1.Cc1ccc(CCCCN)cc1. The van der Waals surface area contributed by atoms with Gasteiger partial charge in [-0.2, -0.15) is 0 Å². The summed E-state index contributed by atoms with van der Waals surface area (Å²) in [6.07, 6.45) is 10.5. The van der Waals surface area contributed by atoms with Gasteiger partial charge in [0.1, 0.15) is 0 Å². The molecule has 0 aromatic heterocycles. The molecule has 170 valence electrons. The number of aryl methyl sites for hydroxylation is 4. The lowest BCUT2D eigenvalue weighted by molar-refractivity contribution is 0.744. The minimum Gasteiger partial charge on any atom is -0.330 e. The summed E-state index contributed by atoms with van der Waals surface area (Å²) in [5, 5.41) is 0. The highest BCUT2D eigenvalue weighted by molar-refractivity contribution is 5.22. The van der Waals surface area contributed by atoms with Crippen molar-refractivity contribution in [3.8, 4) is 0 Å². The quantitative estimate of drug-likeness (QED) is 0.422. The maximum absolute atomic E-state index is 5.44. The van der Waals surface area contributed by atoms with Gasteiger partial charge in [0.25, 0.3) is 0 Å². The van der Waals surface area contributed by atoms with Crippen LogP contribution in [0.2, 0.25) is 0 Å². The van der Waals surface area contributed by atoms with E-state index in [0.29, 0.717) is 0 Å². The topological polar surface area (TPSA) is 78.1 Å². The Morgan fingerprint density at radius 2 is 0.933 bits per heavy atom. The van der Waals surface area contributed by atoms with Crippen molar-refractivity contribution in [1.29, 1.82) is 0 Å². The second-order valence-electron chi connectivity index (χ2n) is 7.79. The summed E-state index contributed by atoms with van der Waals surface area (Å²) in [4.78, 5) is 0. The fourth-order valence-corrected chi connectivity index (χ4v) is 2.85. The molecule has 30 heavy (non-hydrogen) atoms. The minimum absolute atomic E-state index is 0.811. The molecule has 6 N–H and O–H groups in total. The van der Waals surface area contributed by atoms with Gasteiger partial charge in [0.2, 0.25) is 0 Å². The molecule has 0 saturated carbocycles. The molecule has 0 saturated heterocycles. The van der Waals surface area contributed by atoms with E-state index in [2.05, 4.69) is 69.3 Å². The Hall–Kier alpha value is -1.68. The van der Waals surface area contributed by atoms with Gasteiger partial charge in [0, 0.05) is 0 Å². The second-order valence-corrected chi connectivity index (χ2v) is 7.79. The lowest BCUT2D eigenvalue weighted by Gasteiger charge is -2.01. The smallest absolute Gasteiger partial charge is 0.00772 e. The third-order valence-electron chi connectivity index (χ3n) is 4.95. The highest BCUT2D eigenvalue weighted by atomic mass is 14.5. The van der Waals surface area contributed by atoms with Crippen molar-refractivity contribution in [2.24, 2.45) is 17.2 Å². The molecule has 3 heteroatoms. The molecule has 0 fully saturated rings. The lowest BCUT2D eigenvalue weighted by Crippen LogP contribution is -1.98. The number of rotatable bonds is 11. The molecule has 0 atom stereocenters. The summed E-state index contributed by atoms with van der Waals surface area (Å²) < 4.78 is 0. The molecule has 0 bridgehead atoms. The molecule has 2 aromatic rings. The average molecular weight is 414 g/mol. The zero-order valence-corrected chi connectivity index (χ0v) is 19.8. The minimum atomic E-state index is 0.811. The van der Waals surface area contributed by atoms with Crippen LogP contribution in [0.25, 0.3) is 0 Å². The summed E-state index contributed by atoms with van der Waals surface area (Å²) in [6.45, 7) is 8.90. The van der Waals surface area contributed by atoms with Crippen LogP contribution >= 0.6 is 0 Å². The Morgan fingerprint density at radius 3 is 1.27 bits per heavy atom. The van der Waals surface area contributed by atoms with E-state index in [1.54, 1.807) is 0 Å². The van der Waals surface area contributed by atoms with Crippen LogP contribution < -0.4 is 17.2 Å². The first-order valence-electron chi connectivity index (χ1n) is 11.8. The summed E-state index contributed by atoms with van der Waals surface area (Å²) >= 11 is 0. The number of unbranched alkanes of at least 4 members (excludes halogenated alkanes) is 3.